The molecule has 0 aliphatic heterocycles. The maximum Gasteiger partial charge on any atom is 0.224 e. The Hall–Kier alpha value is -1.69. The Morgan fingerprint density at radius 3 is 2.80 bits per heavy atom. The molecule has 1 N–H and O–H groups in total. The Kier molecular flexibility index (Phi) is 4.89. The predicted octanol–water partition coefficient (Wildman–Crippen LogP) is 4.16. The van der Waals surface area contributed by atoms with Crippen molar-refractivity contribution in [2.24, 2.45) is 0 Å². The van der Waals surface area contributed by atoms with Gasteiger partial charge in [0.05, 0.1) is 4.47 Å². The summed E-state index contributed by atoms with van der Waals surface area (Å²) in [4.78, 5) is 8.66. The third kappa shape index (κ3) is 3.66. The molecule has 1 aromatic carbocycles. The van der Waals surface area contributed by atoms with E-state index in [-0.39, 0.29) is 5.82 Å². The van der Waals surface area contributed by atoms with Gasteiger partial charge in [-0.15, -0.1) is 0 Å². The molecule has 0 bridgehead atoms. The van der Waals surface area contributed by atoms with Gasteiger partial charge < -0.3 is 10.1 Å². The van der Waals surface area contributed by atoms with Crippen LogP contribution in [0.15, 0.2) is 28.7 Å². The molecular formula is C14H15BrFN3O. The Balaban J connectivity index is 2.32. The van der Waals surface area contributed by atoms with E-state index >= 15 is 0 Å². The minimum absolute atomic E-state index is 0.361. The van der Waals surface area contributed by atoms with E-state index in [9.17, 15) is 4.39 Å². The van der Waals surface area contributed by atoms with Crippen molar-refractivity contribution in [3.63, 3.8) is 0 Å². The lowest BCUT2D eigenvalue weighted by atomic mass is 10.3. The maximum absolute atomic E-state index is 13.2. The van der Waals surface area contributed by atoms with Crippen LogP contribution in [-0.2, 0) is 6.42 Å². The third-order valence-corrected chi connectivity index (χ3v) is 3.24. The summed E-state index contributed by atoms with van der Waals surface area (Å²) in [6, 6.07) is 5.94. The lowest BCUT2D eigenvalue weighted by Gasteiger charge is -2.10. The van der Waals surface area contributed by atoms with Crippen molar-refractivity contribution in [2.45, 2.75) is 19.8 Å². The van der Waals surface area contributed by atoms with Crippen molar-refractivity contribution in [1.82, 2.24) is 9.97 Å². The standard InChI is InChI=1S/C14H15BrFN3O/c1-3-4-12-18-13(17-2)8-14(19-12)20-11-7-9(16)5-6-10(11)15/h5-8H,3-4H2,1-2H3,(H,17,18,19). The molecule has 1 heterocycles. The zero-order chi connectivity index (χ0) is 14.5. The van der Waals surface area contributed by atoms with Crippen molar-refractivity contribution in [3.8, 4) is 11.6 Å². The fraction of sp³-hybridized carbons (Fsp3) is 0.286. The number of hydrogen-bond donors (Lipinski definition) is 1. The first kappa shape index (κ1) is 14.7. The van der Waals surface area contributed by atoms with Crippen molar-refractivity contribution in [2.75, 3.05) is 12.4 Å². The molecule has 0 atom stereocenters. The van der Waals surface area contributed by atoms with Gasteiger partial charge in [-0.25, -0.2) is 9.37 Å². The van der Waals surface area contributed by atoms with E-state index in [1.165, 1.54) is 12.1 Å². The molecule has 0 aliphatic rings. The largest absolute Gasteiger partial charge is 0.438 e. The SMILES string of the molecule is CCCc1nc(NC)cc(Oc2cc(F)ccc2Br)n1. The fourth-order valence-electron chi connectivity index (χ4n) is 1.66. The maximum atomic E-state index is 13.2. The summed E-state index contributed by atoms with van der Waals surface area (Å²) in [5, 5.41) is 2.96. The first-order valence-electron chi connectivity index (χ1n) is 6.31. The second-order valence-corrected chi connectivity index (χ2v) is 5.04. The highest BCUT2D eigenvalue weighted by Gasteiger charge is 2.09. The second-order valence-electron chi connectivity index (χ2n) is 4.18. The molecule has 0 saturated heterocycles. The van der Waals surface area contributed by atoms with Crippen molar-refractivity contribution >= 4 is 21.7 Å². The topological polar surface area (TPSA) is 47.0 Å². The molecule has 0 aliphatic carbocycles. The first-order valence-corrected chi connectivity index (χ1v) is 7.10. The van der Waals surface area contributed by atoms with Gasteiger partial charge >= 0.3 is 0 Å². The Bertz CT molecular complexity index is 607. The fourth-order valence-corrected chi connectivity index (χ4v) is 1.98. The molecule has 20 heavy (non-hydrogen) atoms. The lowest BCUT2D eigenvalue weighted by molar-refractivity contribution is 0.451. The third-order valence-electron chi connectivity index (χ3n) is 2.59. The Labute approximate surface area is 125 Å². The van der Waals surface area contributed by atoms with Crippen LogP contribution in [0.1, 0.15) is 19.2 Å². The van der Waals surface area contributed by atoms with Gasteiger partial charge in [-0.05, 0) is 34.5 Å². The number of halogens is 2. The van der Waals surface area contributed by atoms with Crippen LogP contribution >= 0.6 is 15.9 Å². The smallest absolute Gasteiger partial charge is 0.224 e. The van der Waals surface area contributed by atoms with Crippen LogP contribution in [0, 0.1) is 5.82 Å². The molecular weight excluding hydrogens is 325 g/mol. The number of aryl methyl sites for hydroxylation is 1. The second kappa shape index (κ2) is 6.65. The van der Waals surface area contributed by atoms with Crippen LogP contribution in [0.2, 0.25) is 0 Å². The summed E-state index contributed by atoms with van der Waals surface area (Å²) >= 11 is 3.32. The molecule has 1 aromatic heterocycles. The number of hydrogen-bond acceptors (Lipinski definition) is 4. The van der Waals surface area contributed by atoms with Gasteiger partial charge in [0, 0.05) is 25.6 Å². The first-order chi connectivity index (χ1) is 9.62. The molecule has 2 rings (SSSR count). The minimum Gasteiger partial charge on any atom is -0.438 e. The van der Waals surface area contributed by atoms with Crippen LogP contribution < -0.4 is 10.1 Å². The van der Waals surface area contributed by atoms with Crippen LogP contribution in [-0.4, -0.2) is 17.0 Å². The number of rotatable bonds is 5. The number of nitrogens with one attached hydrogen (secondary N) is 1. The zero-order valence-electron chi connectivity index (χ0n) is 11.3. The van der Waals surface area contributed by atoms with E-state index in [0.717, 1.165) is 12.8 Å². The van der Waals surface area contributed by atoms with Crippen molar-refractivity contribution in [3.05, 3.63) is 40.4 Å². The highest BCUT2D eigenvalue weighted by molar-refractivity contribution is 9.10. The summed E-state index contributed by atoms with van der Waals surface area (Å²) in [6.45, 7) is 2.05. The van der Waals surface area contributed by atoms with E-state index < -0.39 is 0 Å². The summed E-state index contributed by atoms with van der Waals surface area (Å²) in [5.74, 6) is 1.78. The van der Waals surface area contributed by atoms with Crippen molar-refractivity contribution < 1.29 is 9.13 Å². The van der Waals surface area contributed by atoms with Gasteiger partial charge in [-0.1, -0.05) is 6.92 Å². The van der Waals surface area contributed by atoms with Crippen LogP contribution in [0.5, 0.6) is 11.6 Å². The van der Waals surface area contributed by atoms with E-state index in [4.69, 9.17) is 4.74 Å². The summed E-state index contributed by atoms with van der Waals surface area (Å²) < 4.78 is 19.6. The van der Waals surface area contributed by atoms with E-state index in [0.29, 0.717) is 27.7 Å². The van der Waals surface area contributed by atoms with Gasteiger partial charge in [0.1, 0.15) is 23.2 Å². The molecule has 0 radical (unpaired) electrons. The average Bonchev–Trinajstić information content (AvgIpc) is 2.43. The summed E-state index contributed by atoms with van der Waals surface area (Å²) in [6.07, 6.45) is 1.70. The number of anilines is 1. The predicted molar refractivity (Wildman–Crippen MR) is 79.7 cm³/mol. The zero-order valence-corrected chi connectivity index (χ0v) is 12.9. The Morgan fingerprint density at radius 1 is 1.30 bits per heavy atom. The van der Waals surface area contributed by atoms with E-state index in [2.05, 4.69) is 38.1 Å². The normalized spacial score (nSPS) is 10.4. The average molecular weight is 340 g/mol. The number of benzene rings is 1. The van der Waals surface area contributed by atoms with Gasteiger partial charge in [0.15, 0.2) is 0 Å². The molecule has 4 nitrogen and oxygen atoms in total. The molecule has 0 spiro atoms. The van der Waals surface area contributed by atoms with Gasteiger partial charge in [0.2, 0.25) is 5.88 Å². The van der Waals surface area contributed by atoms with Gasteiger partial charge in [0.25, 0.3) is 0 Å². The highest BCUT2D eigenvalue weighted by Crippen LogP contribution is 2.30. The van der Waals surface area contributed by atoms with Crippen molar-refractivity contribution in [1.29, 1.82) is 0 Å². The minimum atomic E-state index is -0.361. The van der Waals surface area contributed by atoms with E-state index in [1.54, 1.807) is 19.2 Å². The molecule has 106 valence electrons. The molecule has 2 aromatic rings. The van der Waals surface area contributed by atoms with Gasteiger partial charge in [-0.2, -0.15) is 4.98 Å². The van der Waals surface area contributed by atoms with Crippen LogP contribution in [0.25, 0.3) is 0 Å². The molecule has 0 fully saturated rings. The summed E-state index contributed by atoms with van der Waals surface area (Å²) in [5.41, 5.74) is 0. The highest BCUT2D eigenvalue weighted by atomic mass is 79.9. The van der Waals surface area contributed by atoms with E-state index in [1.807, 2.05) is 0 Å². The van der Waals surface area contributed by atoms with Gasteiger partial charge in [-0.3, -0.25) is 0 Å². The number of aromatic nitrogens is 2. The quantitative estimate of drug-likeness (QED) is 0.888. The molecule has 0 unspecified atom stereocenters. The number of nitrogens with zero attached hydrogens (tertiary/aromatic N) is 2. The molecule has 0 amide bonds. The van der Waals surface area contributed by atoms with Crippen LogP contribution in [0.4, 0.5) is 10.2 Å². The lowest BCUT2D eigenvalue weighted by Crippen LogP contribution is -2.02. The summed E-state index contributed by atoms with van der Waals surface area (Å²) in [7, 11) is 1.78. The molecule has 6 heteroatoms. The van der Waals surface area contributed by atoms with Crippen LogP contribution in [0.3, 0.4) is 0 Å². The Morgan fingerprint density at radius 2 is 2.10 bits per heavy atom. The monoisotopic (exact) mass is 339 g/mol. The molecule has 0 saturated carbocycles. The number of ether oxygens (including phenoxy) is 1.